The van der Waals surface area contributed by atoms with Crippen molar-refractivity contribution in [2.75, 3.05) is 9.80 Å². The van der Waals surface area contributed by atoms with Crippen molar-refractivity contribution < 1.29 is 0 Å². The van der Waals surface area contributed by atoms with Crippen LogP contribution in [0.4, 0.5) is 34.1 Å². The first-order valence-electron chi connectivity index (χ1n) is 26.5. The number of benzene rings is 7. The molecule has 1 aliphatic carbocycles. The fourth-order valence-electron chi connectivity index (χ4n) is 11.8. The number of thiazole rings is 1. The first-order valence-corrected chi connectivity index (χ1v) is 27.3. The third-order valence-corrected chi connectivity index (χ3v) is 17.7. The summed E-state index contributed by atoms with van der Waals surface area (Å²) in [7, 11) is 0. The van der Waals surface area contributed by atoms with Crippen LogP contribution in [0, 0.1) is 0 Å². The van der Waals surface area contributed by atoms with Gasteiger partial charge in [-0.05, 0) is 161 Å². The molecule has 0 saturated heterocycles. The summed E-state index contributed by atoms with van der Waals surface area (Å²) in [6, 6.07) is 52.3. The van der Waals surface area contributed by atoms with Crippen LogP contribution in [-0.4, -0.2) is 11.7 Å². The van der Waals surface area contributed by atoms with Gasteiger partial charge in [0.05, 0.1) is 10.2 Å². The molecule has 3 aliphatic rings. The number of anilines is 6. The third kappa shape index (κ3) is 8.14. The Balaban J connectivity index is 1.17. The van der Waals surface area contributed by atoms with Crippen molar-refractivity contribution in [3.63, 3.8) is 0 Å². The molecule has 3 heterocycles. The van der Waals surface area contributed by atoms with E-state index in [2.05, 4.69) is 254 Å². The van der Waals surface area contributed by atoms with Crippen molar-refractivity contribution in [2.45, 2.75) is 156 Å². The minimum Gasteiger partial charge on any atom is -0.311 e. The van der Waals surface area contributed by atoms with Gasteiger partial charge in [0.1, 0.15) is 5.01 Å². The van der Waals surface area contributed by atoms with Gasteiger partial charge in [0.15, 0.2) is 0 Å². The molecule has 5 heteroatoms. The van der Waals surface area contributed by atoms with Crippen LogP contribution < -0.4 is 26.2 Å². The Morgan fingerprint density at radius 3 is 1.47 bits per heavy atom. The lowest BCUT2D eigenvalue weighted by molar-refractivity contribution is 0.332. The lowest BCUT2D eigenvalue weighted by Gasteiger charge is -2.46. The number of fused-ring (bicyclic) bond motifs is 6. The van der Waals surface area contributed by atoms with Gasteiger partial charge >= 0.3 is 0 Å². The van der Waals surface area contributed by atoms with Crippen LogP contribution in [0.3, 0.4) is 0 Å². The molecule has 1 aromatic heterocycles. The first kappa shape index (κ1) is 48.4. The van der Waals surface area contributed by atoms with Gasteiger partial charge in [-0.2, -0.15) is 0 Å². The molecule has 11 rings (SSSR count). The summed E-state index contributed by atoms with van der Waals surface area (Å²) in [6.45, 7) is 37.7. The largest absolute Gasteiger partial charge is 0.311 e. The Labute approximate surface area is 435 Å². The molecule has 0 amide bonds. The average Bonchev–Trinajstić information content (AvgIpc) is 3.74. The fraction of sp³-hybridized carbons (Fsp3) is 0.358. The second-order valence-corrected chi connectivity index (χ2v) is 27.9. The summed E-state index contributed by atoms with van der Waals surface area (Å²) >= 11 is 1.81. The molecule has 0 spiro atoms. The third-order valence-electron chi connectivity index (χ3n) is 16.6. The zero-order valence-corrected chi connectivity index (χ0v) is 46.8. The molecule has 0 fully saturated rings. The highest BCUT2D eigenvalue weighted by Crippen LogP contribution is 2.51. The van der Waals surface area contributed by atoms with Gasteiger partial charge < -0.3 is 9.80 Å². The molecular formula is C67H74BN3S. The zero-order valence-electron chi connectivity index (χ0n) is 45.9. The van der Waals surface area contributed by atoms with Crippen LogP contribution in [0.25, 0.3) is 31.9 Å². The number of aromatic nitrogens is 1. The van der Waals surface area contributed by atoms with Crippen LogP contribution in [0.2, 0.25) is 0 Å². The topological polar surface area (TPSA) is 19.4 Å². The molecule has 72 heavy (non-hydrogen) atoms. The van der Waals surface area contributed by atoms with E-state index in [-0.39, 0.29) is 39.2 Å². The van der Waals surface area contributed by atoms with Crippen LogP contribution >= 0.6 is 11.3 Å². The van der Waals surface area contributed by atoms with Crippen molar-refractivity contribution in [1.29, 1.82) is 0 Å². The zero-order chi connectivity index (χ0) is 51.2. The van der Waals surface area contributed by atoms with Gasteiger partial charge in [-0.3, -0.25) is 0 Å². The average molecular weight is 964 g/mol. The maximum atomic E-state index is 5.53. The highest BCUT2D eigenvalue weighted by molar-refractivity contribution is 7.21. The SMILES string of the molecule is CC(C)(C)c1ccc(-c2ccc(-c3nc4cc5c(cc4s3)N(c3ccc4c(c3)C(C)(C)CCC4(C)C)c3cc(C(C)(C)C)cc4c3B5c3cc(C(C)(C)C)ccc3N4c3ccc(C(C)(C)C)cc3)cc2)cc1. The van der Waals surface area contributed by atoms with Gasteiger partial charge in [-0.15, -0.1) is 11.3 Å². The smallest absolute Gasteiger partial charge is 0.252 e. The van der Waals surface area contributed by atoms with Gasteiger partial charge in [-0.25, -0.2) is 4.98 Å². The Bertz CT molecular complexity index is 3430. The number of rotatable bonds is 4. The number of hydrogen-bond acceptors (Lipinski definition) is 4. The van der Waals surface area contributed by atoms with Crippen LogP contribution in [-0.2, 0) is 32.5 Å². The summed E-state index contributed by atoms with van der Waals surface area (Å²) in [6.07, 6.45) is 2.35. The highest BCUT2D eigenvalue weighted by atomic mass is 32.1. The van der Waals surface area contributed by atoms with Gasteiger partial charge in [0.25, 0.3) is 6.71 Å². The van der Waals surface area contributed by atoms with E-state index in [4.69, 9.17) is 4.98 Å². The van der Waals surface area contributed by atoms with E-state index < -0.39 is 0 Å². The van der Waals surface area contributed by atoms with E-state index >= 15 is 0 Å². The maximum absolute atomic E-state index is 5.53. The van der Waals surface area contributed by atoms with Crippen molar-refractivity contribution in [3.8, 4) is 21.7 Å². The maximum Gasteiger partial charge on any atom is 0.252 e. The van der Waals surface area contributed by atoms with Crippen LogP contribution in [0.15, 0.2) is 133 Å². The predicted octanol–water partition coefficient (Wildman–Crippen LogP) is 17.3. The Hall–Kier alpha value is -5.91. The van der Waals surface area contributed by atoms with Crippen molar-refractivity contribution >= 4 is 78.8 Å². The fourth-order valence-corrected chi connectivity index (χ4v) is 12.8. The van der Waals surface area contributed by atoms with E-state index in [9.17, 15) is 0 Å². The minimum absolute atomic E-state index is 0.0239. The number of nitrogens with zero attached hydrogens (tertiary/aromatic N) is 3. The van der Waals surface area contributed by atoms with Crippen LogP contribution in [0.1, 0.15) is 157 Å². The second kappa shape index (κ2) is 16.3. The standard InChI is InChI=1S/C67H74BN3S/c1-62(2,3)44-23-21-42(22-24-44)41-17-19-43(20-18-41)61-69-54-39-53-56(40-59(54)72-61)71(49-30-31-50-51(38-49)67(15,16)34-33-66(50,13)14)58-37-47(65(10,11)12)36-57-60(58)68(53)52-35-46(64(7,8)9)27-32-55(52)70(57)48-28-25-45(26-29-48)63(4,5)6/h17-32,35-40H,33-34H2,1-16H3. The Kier molecular flexibility index (Phi) is 10.9. The van der Waals surface area contributed by atoms with Crippen LogP contribution in [0.5, 0.6) is 0 Å². The monoisotopic (exact) mass is 964 g/mol. The van der Waals surface area contributed by atoms with Crippen molar-refractivity contribution in [3.05, 3.63) is 167 Å². The summed E-state index contributed by atoms with van der Waals surface area (Å²) in [5.74, 6) is 0. The molecular weight excluding hydrogens is 890 g/mol. The quantitative estimate of drug-likeness (QED) is 0.164. The van der Waals surface area contributed by atoms with Gasteiger partial charge in [0.2, 0.25) is 0 Å². The molecule has 0 radical (unpaired) electrons. The Morgan fingerprint density at radius 1 is 0.431 bits per heavy atom. The van der Waals surface area contributed by atoms with E-state index in [1.807, 2.05) is 11.3 Å². The summed E-state index contributed by atoms with van der Waals surface area (Å²) in [4.78, 5) is 10.8. The molecule has 0 unspecified atom stereocenters. The van der Waals surface area contributed by atoms with Gasteiger partial charge in [0, 0.05) is 39.7 Å². The van der Waals surface area contributed by atoms with Gasteiger partial charge in [-0.1, -0.05) is 190 Å². The minimum atomic E-state index is -0.116. The van der Waals surface area contributed by atoms with E-state index in [1.54, 1.807) is 0 Å². The number of hydrogen-bond donors (Lipinski definition) is 0. The first-order chi connectivity index (χ1) is 33.7. The second-order valence-electron chi connectivity index (χ2n) is 26.9. The Morgan fingerprint density at radius 2 is 0.903 bits per heavy atom. The molecule has 0 N–H and O–H groups in total. The summed E-state index contributed by atoms with van der Waals surface area (Å²) < 4.78 is 1.20. The lowest BCUT2D eigenvalue weighted by atomic mass is 9.33. The van der Waals surface area contributed by atoms with Crippen molar-refractivity contribution in [1.82, 2.24) is 4.98 Å². The summed E-state index contributed by atoms with van der Waals surface area (Å²) in [5.41, 5.74) is 24.5. The molecule has 7 aromatic carbocycles. The molecule has 0 saturated carbocycles. The lowest BCUT2D eigenvalue weighted by Crippen LogP contribution is -2.61. The van der Waals surface area contributed by atoms with Crippen molar-refractivity contribution in [2.24, 2.45) is 0 Å². The molecule has 366 valence electrons. The summed E-state index contributed by atoms with van der Waals surface area (Å²) in [5, 5.41) is 1.04. The molecule has 8 aromatic rings. The molecule has 0 bridgehead atoms. The van der Waals surface area contributed by atoms with E-state index in [1.165, 1.54) is 106 Å². The van der Waals surface area contributed by atoms with E-state index in [0.717, 1.165) is 22.5 Å². The molecule has 0 atom stereocenters. The normalized spacial score (nSPS) is 16.1. The van der Waals surface area contributed by atoms with E-state index in [0.29, 0.717) is 0 Å². The molecule has 3 nitrogen and oxygen atoms in total. The molecule has 2 aliphatic heterocycles. The predicted molar refractivity (Wildman–Crippen MR) is 315 cm³/mol. The highest BCUT2D eigenvalue weighted by Gasteiger charge is 2.46.